The standard InChI is InChI=1S/C14H15ClN4O3S/c1-22-6-5-19-9-10(7-17-19)23(20,21)18-13-4-2-3-11-12(15)8-16-14(11)13/h2-4,7-9,16,18H,5-6H2,1H3. The van der Waals surface area contributed by atoms with Crippen LogP contribution in [0.2, 0.25) is 5.02 Å². The summed E-state index contributed by atoms with van der Waals surface area (Å²) < 4.78 is 34.0. The summed E-state index contributed by atoms with van der Waals surface area (Å²) >= 11 is 6.05. The Balaban J connectivity index is 1.89. The SMILES string of the molecule is COCCn1cc(S(=O)(=O)Nc2cccc3c(Cl)c[nH]c23)cn1. The Labute approximate surface area is 138 Å². The van der Waals surface area contributed by atoms with Crippen LogP contribution in [-0.4, -0.2) is 36.9 Å². The molecule has 0 spiro atoms. The fourth-order valence-corrected chi connectivity index (χ4v) is 3.44. The van der Waals surface area contributed by atoms with E-state index in [9.17, 15) is 8.42 Å². The van der Waals surface area contributed by atoms with Gasteiger partial charge in [0.2, 0.25) is 0 Å². The summed E-state index contributed by atoms with van der Waals surface area (Å²) in [5.41, 5.74) is 1.06. The van der Waals surface area contributed by atoms with E-state index in [4.69, 9.17) is 16.3 Å². The first-order valence-electron chi connectivity index (χ1n) is 6.81. The molecule has 3 rings (SSSR count). The van der Waals surface area contributed by atoms with E-state index in [-0.39, 0.29) is 4.90 Å². The molecule has 0 aliphatic carbocycles. The third-order valence-electron chi connectivity index (χ3n) is 3.35. The average Bonchev–Trinajstić information content (AvgIpc) is 3.14. The maximum atomic E-state index is 12.5. The quantitative estimate of drug-likeness (QED) is 0.711. The number of aromatic amines is 1. The predicted molar refractivity (Wildman–Crippen MR) is 88.2 cm³/mol. The number of para-hydroxylation sites is 1. The molecule has 2 heterocycles. The van der Waals surface area contributed by atoms with Gasteiger partial charge in [-0.2, -0.15) is 5.10 Å². The van der Waals surface area contributed by atoms with Crippen LogP contribution in [0.15, 0.2) is 41.7 Å². The van der Waals surface area contributed by atoms with Crippen LogP contribution in [0, 0.1) is 0 Å². The lowest BCUT2D eigenvalue weighted by atomic mass is 10.2. The Bertz CT molecular complexity index is 933. The molecule has 0 aliphatic rings. The number of anilines is 1. The van der Waals surface area contributed by atoms with Gasteiger partial charge < -0.3 is 9.72 Å². The second-order valence-corrected chi connectivity index (χ2v) is 6.99. The summed E-state index contributed by atoms with van der Waals surface area (Å²) in [6.45, 7) is 0.933. The van der Waals surface area contributed by atoms with Gasteiger partial charge in [0.1, 0.15) is 4.90 Å². The monoisotopic (exact) mass is 354 g/mol. The number of hydrogen-bond donors (Lipinski definition) is 2. The van der Waals surface area contributed by atoms with Crippen molar-refractivity contribution < 1.29 is 13.2 Å². The Kier molecular flexibility index (Phi) is 4.29. The van der Waals surface area contributed by atoms with Crippen molar-refractivity contribution in [1.29, 1.82) is 0 Å². The van der Waals surface area contributed by atoms with E-state index < -0.39 is 10.0 Å². The van der Waals surface area contributed by atoms with Crippen molar-refractivity contribution in [2.45, 2.75) is 11.4 Å². The van der Waals surface area contributed by atoms with Crippen LogP contribution in [0.4, 0.5) is 5.69 Å². The van der Waals surface area contributed by atoms with Gasteiger partial charge in [0, 0.05) is 24.9 Å². The molecule has 1 aromatic carbocycles. The zero-order chi connectivity index (χ0) is 16.4. The highest BCUT2D eigenvalue weighted by Gasteiger charge is 2.18. The van der Waals surface area contributed by atoms with Gasteiger partial charge in [-0.3, -0.25) is 9.40 Å². The Morgan fingerprint density at radius 1 is 1.43 bits per heavy atom. The van der Waals surface area contributed by atoms with Crippen LogP contribution >= 0.6 is 11.6 Å². The van der Waals surface area contributed by atoms with Gasteiger partial charge in [-0.15, -0.1) is 0 Å². The largest absolute Gasteiger partial charge is 0.383 e. The topological polar surface area (TPSA) is 89.0 Å². The highest BCUT2D eigenvalue weighted by atomic mass is 35.5. The van der Waals surface area contributed by atoms with Crippen molar-refractivity contribution in [3.63, 3.8) is 0 Å². The number of nitrogens with zero attached hydrogens (tertiary/aromatic N) is 2. The fraction of sp³-hybridized carbons (Fsp3) is 0.214. The lowest BCUT2D eigenvalue weighted by Gasteiger charge is -2.07. The zero-order valence-electron chi connectivity index (χ0n) is 12.3. The van der Waals surface area contributed by atoms with E-state index in [0.29, 0.717) is 29.4 Å². The molecular formula is C14H15ClN4O3S. The molecule has 2 N–H and O–H groups in total. The molecule has 0 saturated heterocycles. The number of nitrogens with one attached hydrogen (secondary N) is 2. The maximum Gasteiger partial charge on any atom is 0.265 e. The number of ether oxygens (including phenoxy) is 1. The van der Waals surface area contributed by atoms with Crippen LogP contribution in [0.25, 0.3) is 10.9 Å². The van der Waals surface area contributed by atoms with Crippen LogP contribution in [0.5, 0.6) is 0 Å². The van der Waals surface area contributed by atoms with Crippen LogP contribution in [0.1, 0.15) is 0 Å². The second-order valence-electron chi connectivity index (χ2n) is 4.90. The fourth-order valence-electron chi connectivity index (χ4n) is 2.20. The minimum absolute atomic E-state index is 0.0864. The molecule has 0 saturated carbocycles. The minimum atomic E-state index is -3.74. The van der Waals surface area contributed by atoms with E-state index in [2.05, 4.69) is 14.8 Å². The zero-order valence-corrected chi connectivity index (χ0v) is 13.9. The molecule has 0 unspecified atom stereocenters. The summed E-state index contributed by atoms with van der Waals surface area (Å²) in [5, 5.41) is 5.30. The lowest BCUT2D eigenvalue weighted by Crippen LogP contribution is -2.12. The number of methoxy groups -OCH3 is 1. The maximum absolute atomic E-state index is 12.5. The van der Waals surface area contributed by atoms with Crippen molar-refractivity contribution in [3.05, 3.63) is 41.8 Å². The van der Waals surface area contributed by atoms with Crippen LogP contribution in [0.3, 0.4) is 0 Å². The minimum Gasteiger partial charge on any atom is -0.383 e. The molecular weight excluding hydrogens is 340 g/mol. The highest BCUT2D eigenvalue weighted by Crippen LogP contribution is 2.29. The molecule has 0 bridgehead atoms. The molecule has 23 heavy (non-hydrogen) atoms. The van der Waals surface area contributed by atoms with Crippen molar-refractivity contribution in [1.82, 2.24) is 14.8 Å². The van der Waals surface area contributed by atoms with Gasteiger partial charge in [-0.25, -0.2) is 8.42 Å². The average molecular weight is 355 g/mol. The van der Waals surface area contributed by atoms with Gasteiger partial charge in [-0.1, -0.05) is 23.7 Å². The number of fused-ring (bicyclic) bond motifs is 1. The first-order chi connectivity index (χ1) is 11.0. The number of hydrogen-bond acceptors (Lipinski definition) is 4. The molecule has 0 fully saturated rings. The summed E-state index contributed by atoms with van der Waals surface area (Å²) in [7, 11) is -2.16. The Morgan fingerprint density at radius 2 is 2.26 bits per heavy atom. The highest BCUT2D eigenvalue weighted by molar-refractivity contribution is 7.92. The number of H-pyrrole nitrogens is 1. The van der Waals surface area contributed by atoms with Gasteiger partial charge >= 0.3 is 0 Å². The van der Waals surface area contributed by atoms with Crippen molar-refractivity contribution in [3.8, 4) is 0 Å². The van der Waals surface area contributed by atoms with Crippen LogP contribution < -0.4 is 4.72 Å². The molecule has 0 radical (unpaired) electrons. The van der Waals surface area contributed by atoms with E-state index in [1.165, 1.54) is 17.1 Å². The Hall–Kier alpha value is -2.03. The van der Waals surface area contributed by atoms with E-state index in [0.717, 1.165) is 5.39 Å². The van der Waals surface area contributed by atoms with Gasteiger partial charge in [-0.05, 0) is 6.07 Å². The number of rotatable bonds is 6. The third-order valence-corrected chi connectivity index (χ3v) is 4.99. The first-order valence-corrected chi connectivity index (χ1v) is 8.67. The lowest BCUT2D eigenvalue weighted by molar-refractivity contribution is 0.183. The van der Waals surface area contributed by atoms with Crippen molar-refractivity contribution >= 4 is 38.2 Å². The van der Waals surface area contributed by atoms with Crippen molar-refractivity contribution in [2.75, 3.05) is 18.4 Å². The summed E-state index contributed by atoms with van der Waals surface area (Å²) in [6, 6.07) is 5.22. The van der Waals surface area contributed by atoms with Gasteiger partial charge in [0.25, 0.3) is 10.0 Å². The smallest absolute Gasteiger partial charge is 0.265 e. The molecule has 7 nitrogen and oxygen atoms in total. The number of sulfonamides is 1. The number of benzene rings is 1. The van der Waals surface area contributed by atoms with E-state index in [1.54, 1.807) is 25.4 Å². The van der Waals surface area contributed by atoms with E-state index >= 15 is 0 Å². The molecule has 0 atom stereocenters. The Morgan fingerprint density at radius 3 is 3.04 bits per heavy atom. The predicted octanol–water partition coefficient (Wildman–Crippen LogP) is 2.46. The molecule has 122 valence electrons. The molecule has 2 aromatic heterocycles. The van der Waals surface area contributed by atoms with Gasteiger partial charge in [0.15, 0.2) is 0 Å². The van der Waals surface area contributed by atoms with Gasteiger partial charge in [0.05, 0.1) is 35.6 Å². The normalized spacial score (nSPS) is 11.9. The molecule has 3 aromatic rings. The number of aromatic nitrogens is 3. The summed E-state index contributed by atoms with van der Waals surface area (Å²) in [4.78, 5) is 3.05. The summed E-state index contributed by atoms with van der Waals surface area (Å²) in [5.74, 6) is 0. The molecule has 0 amide bonds. The first kappa shape index (κ1) is 15.9. The number of halogens is 1. The molecule has 0 aliphatic heterocycles. The molecule has 9 heteroatoms. The third kappa shape index (κ3) is 3.19. The summed E-state index contributed by atoms with van der Waals surface area (Å²) in [6.07, 6.45) is 4.38. The van der Waals surface area contributed by atoms with Crippen LogP contribution in [-0.2, 0) is 21.3 Å². The van der Waals surface area contributed by atoms with E-state index in [1.807, 2.05) is 6.07 Å². The second kappa shape index (κ2) is 6.23. The van der Waals surface area contributed by atoms with Crippen molar-refractivity contribution in [2.24, 2.45) is 0 Å².